The van der Waals surface area contributed by atoms with Crippen molar-refractivity contribution in [2.24, 2.45) is 4.99 Å². The summed E-state index contributed by atoms with van der Waals surface area (Å²) in [4.78, 5) is 32.9. The number of aromatic nitrogens is 1. The molecular formula is C36H28ClFN2O5S. The van der Waals surface area contributed by atoms with Gasteiger partial charge >= 0.3 is 5.97 Å². The van der Waals surface area contributed by atoms with Crippen molar-refractivity contribution in [2.45, 2.75) is 19.6 Å². The van der Waals surface area contributed by atoms with Crippen LogP contribution in [0.3, 0.4) is 0 Å². The number of hydrogen-bond donors (Lipinski definition) is 0. The molecule has 0 saturated heterocycles. The SMILES string of the molecule is CCOC(=O)C1=C(c2ccccc2)N=c2s/c(=C\c3ccc(OCc4ccc(Cl)cc4)c(OC)c3)c(=O)n2[C@@H]1c1ccc(F)cc1. The van der Waals surface area contributed by atoms with Gasteiger partial charge in [-0.15, -0.1) is 0 Å². The number of ether oxygens (including phenoxy) is 3. The third-order valence-electron chi connectivity index (χ3n) is 7.35. The fraction of sp³-hybridized carbons (Fsp3) is 0.139. The molecule has 0 saturated carbocycles. The van der Waals surface area contributed by atoms with Crippen LogP contribution >= 0.6 is 22.9 Å². The third-order valence-corrected chi connectivity index (χ3v) is 8.59. The first kappa shape index (κ1) is 31.0. The molecule has 232 valence electrons. The van der Waals surface area contributed by atoms with Gasteiger partial charge in [-0.25, -0.2) is 14.2 Å². The van der Waals surface area contributed by atoms with Gasteiger partial charge in [-0.2, -0.15) is 0 Å². The van der Waals surface area contributed by atoms with Crippen LogP contribution in [-0.2, 0) is 16.1 Å². The lowest BCUT2D eigenvalue weighted by atomic mass is 9.93. The molecule has 1 aliphatic heterocycles. The highest BCUT2D eigenvalue weighted by molar-refractivity contribution is 7.07. The molecule has 0 fully saturated rings. The summed E-state index contributed by atoms with van der Waals surface area (Å²) in [7, 11) is 1.55. The number of benzene rings is 4. The second-order valence-electron chi connectivity index (χ2n) is 10.3. The first-order chi connectivity index (χ1) is 22.4. The Bertz CT molecular complexity index is 2110. The fourth-order valence-corrected chi connectivity index (χ4v) is 6.31. The molecule has 46 heavy (non-hydrogen) atoms. The summed E-state index contributed by atoms with van der Waals surface area (Å²) >= 11 is 7.18. The van der Waals surface area contributed by atoms with Crippen molar-refractivity contribution in [3.63, 3.8) is 0 Å². The zero-order valence-corrected chi connectivity index (χ0v) is 26.5. The lowest BCUT2D eigenvalue weighted by molar-refractivity contribution is -0.138. The topological polar surface area (TPSA) is 79.1 Å². The van der Waals surface area contributed by atoms with E-state index in [0.29, 0.717) is 54.8 Å². The summed E-state index contributed by atoms with van der Waals surface area (Å²) in [6.45, 7) is 2.17. The minimum atomic E-state index is -0.897. The molecule has 6 rings (SSSR count). The molecule has 1 aromatic heterocycles. The van der Waals surface area contributed by atoms with Gasteiger partial charge in [-0.05, 0) is 66.1 Å². The lowest BCUT2D eigenvalue weighted by Gasteiger charge is -2.25. The second-order valence-corrected chi connectivity index (χ2v) is 11.8. The number of nitrogens with zero attached hydrogens (tertiary/aromatic N) is 2. The Morgan fingerprint density at radius 3 is 2.43 bits per heavy atom. The first-order valence-electron chi connectivity index (χ1n) is 14.5. The number of esters is 1. The summed E-state index contributed by atoms with van der Waals surface area (Å²) in [6.07, 6.45) is 1.74. The summed E-state index contributed by atoms with van der Waals surface area (Å²) < 4.78 is 32.9. The molecule has 1 aliphatic rings. The minimum Gasteiger partial charge on any atom is -0.493 e. The average molecular weight is 655 g/mol. The summed E-state index contributed by atoms with van der Waals surface area (Å²) in [5.41, 5.74) is 3.12. The number of carbonyl (C=O) groups is 1. The van der Waals surface area contributed by atoms with Gasteiger partial charge in [0, 0.05) is 10.6 Å². The smallest absolute Gasteiger partial charge is 0.338 e. The molecule has 0 unspecified atom stereocenters. The van der Waals surface area contributed by atoms with Gasteiger partial charge in [-0.1, -0.05) is 83.6 Å². The molecule has 0 radical (unpaired) electrons. The number of rotatable bonds is 9. The minimum absolute atomic E-state index is 0.131. The number of halogens is 2. The number of thiazole rings is 1. The van der Waals surface area contributed by atoms with E-state index in [1.165, 1.54) is 28.0 Å². The molecule has 0 bridgehead atoms. The summed E-state index contributed by atoms with van der Waals surface area (Å²) in [5, 5.41) is 0.647. The zero-order chi connectivity index (χ0) is 32.2. The van der Waals surface area contributed by atoms with Crippen molar-refractivity contribution in [3.8, 4) is 11.5 Å². The maximum atomic E-state index is 14.1. The monoisotopic (exact) mass is 654 g/mol. The first-order valence-corrected chi connectivity index (χ1v) is 15.6. The maximum Gasteiger partial charge on any atom is 0.338 e. The van der Waals surface area contributed by atoms with Crippen molar-refractivity contribution in [3.05, 3.63) is 155 Å². The Balaban J connectivity index is 1.46. The van der Waals surface area contributed by atoms with E-state index in [-0.39, 0.29) is 17.7 Å². The average Bonchev–Trinajstić information content (AvgIpc) is 3.38. The molecular weight excluding hydrogens is 627 g/mol. The number of methoxy groups -OCH3 is 1. The number of fused-ring (bicyclic) bond motifs is 1. The Labute approximate surface area is 273 Å². The van der Waals surface area contributed by atoms with E-state index < -0.39 is 17.8 Å². The van der Waals surface area contributed by atoms with Crippen molar-refractivity contribution < 1.29 is 23.4 Å². The Hall–Kier alpha value is -4.99. The zero-order valence-electron chi connectivity index (χ0n) is 24.9. The van der Waals surface area contributed by atoms with Gasteiger partial charge in [0.1, 0.15) is 12.4 Å². The normalized spacial score (nSPS) is 14.4. The number of carbonyl (C=O) groups excluding carboxylic acids is 1. The Morgan fingerprint density at radius 2 is 1.74 bits per heavy atom. The molecule has 0 aliphatic carbocycles. The van der Waals surface area contributed by atoms with Gasteiger partial charge in [0.25, 0.3) is 5.56 Å². The predicted molar refractivity (Wildman–Crippen MR) is 176 cm³/mol. The van der Waals surface area contributed by atoms with Gasteiger partial charge in [-0.3, -0.25) is 9.36 Å². The Morgan fingerprint density at radius 1 is 1.00 bits per heavy atom. The molecule has 10 heteroatoms. The molecule has 5 aromatic rings. The molecule has 0 amide bonds. The van der Waals surface area contributed by atoms with Crippen molar-refractivity contribution in [1.29, 1.82) is 0 Å². The van der Waals surface area contributed by atoms with E-state index in [9.17, 15) is 14.0 Å². The van der Waals surface area contributed by atoms with E-state index in [4.69, 9.17) is 30.8 Å². The largest absolute Gasteiger partial charge is 0.493 e. The van der Waals surface area contributed by atoms with Crippen LogP contribution in [0.4, 0.5) is 4.39 Å². The van der Waals surface area contributed by atoms with Gasteiger partial charge in [0.05, 0.1) is 35.6 Å². The predicted octanol–water partition coefficient (Wildman–Crippen LogP) is 6.32. The standard InChI is InChI=1S/C36H28ClFN2O5S/c1-3-44-35(42)31-32(24-7-5-4-6-8-24)39-36-40(33(31)25-12-16-27(38)17-13-25)34(41)30(46-36)20-23-11-18-28(29(19-23)43-2)45-21-22-9-14-26(37)15-10-22/h4-20,33H,3,21H2,1-2H3/b30-20-/t33-/m1/s1. The lowest BCUT2D eigenvalue weighted by Crippen LogP contribution is -2.40. The number of hydrogen-bond acceptors (Lipinski definition) is 7. The van der Waals surface area contributed by atoms with Gasteiger partial charge < -0.3 is 14.2 Å². The molecule has 2 heterocycles. The molecule has 4 aromatic carbocycles. The van der Waals surface area contributed by atoms with E-state index in [2.05, 4.69) is 0 Å². The fourth-order valence-electron chi connectivity index (χ4n) is 5.19. The maximum absolute atomic E-state index is 14.1. The molecule has 0 N–H and O–H groups in total. The quantitative estimate of drug-likeness (QED) is 0.174. The second kappa shape index (κ2) is 13.6. The van der Waals surface area contributed by atoms with Crippen LogP contribution in [0, 0.1) is 5.82 Å². The van der Waals surface area contributed by atoms with Gasteiger partial charge in [0.2, 0.25) is 0 Å². The van der Waals surface area contributed by atoms with E-state index in [1.54, 1.807) is 56.5 Å². The highest BCUT2D eigenvalue weighted by Crippen LogP contribution is 2.35. The van der Waals surface area contributed by atoms with Crippen LogP contribution < -0.4 is 24.4 Å². The third kappa shape index (κ3) is 6.38. The van der Waals surface area contributed by atoms with Crippen molar-refractivity contribution in [1.82, 2.24) is 4.57 Å². The van der Waals surface area contributed by atoms with Crippen molar-refractivity contribution in [2.75, 3.05) is 13.7 Å². The molecule has 0 spiro atoms. The van der Waals surface area contributed by atoms with Crippen LogP contribution in [0.25, 0.3) is 11.8 Å². The highest BCUT2D eigenvalue weighted by atomic mass is 35.5. The van der Waals surface area contributed by atoms with Crippen LogP contribution in [0.5, 0.6) is 11.5 Å². The summed E-state index contributed by atoms with van der Waals surface area (Å²) in [6, 6.07) is 26.9. The van der Waals surface area contributed by atoms with Crippen molar-refractivity contribution >= 4 is 40.7 Å². The van der Waals surface area contributed by atoms with Gasteiger partial charge in [0.15, 0.2) is 16.3 Å². The Kier molecular flexibility index (Phi) is 9.14. The van der Waals surface area contributed by atoms with E-state index in [0.717, 1.165) is 5.56 Å². The van der Waals surface area contributed by atoms with Crippen LogP contribution in [0.2, 0.25) is 5.02 Å². The van der Waals surface area contributed by atoms with E-state index >= 15 is 0 Å². The highest BCUT2D eigenvalue weighted by Gasteiger charge is 2.35. The van der Waals surface area contributed by atoms with E-state index in [1.807, 2.05) is 48.5 Å². The molecule has 7 nitrogen and oxygen atoms in total. The van der Waals surface area contributed by atoms with Crippen LogP contribution in [0.1, 0.15) is 35.2 Å². The van der Waals surface area contributed by atoms with Crippen LogP contribution in [-0.4, -0.2) is 24.3 Å². The van der Waals surface area contributed by atoms with Crippen LogP contribution in [0.15, 0.2) is 112 Å². The summed E-state index contributed by atoms with van der Waals surface area (Å²) in [5.74, 6) is -0.00197. The molecule has 1 atom stereocenters.